The van der Waals surface area contributed by atoms with Crippen LogP contribution in [0.25, 0.3) is 0 Å². The number of nitrogens with one attached hydrogen (secondary N) is 1. The van der Waals surface area contributed by atoms with Gasteiger partial charge in [-0.2, -0.15) is 0 Å². The number of ether oxygens (including phenoxy) is 2. The average molecular weight is 566 g/mol. The molecule has 0 fully saturated rings. The van der Waals surface area contributed by atoms with E-state index in [1.807, 2.05) is 74.5 Å². The molecule has 212 valence electrons. The number of benzene rings is 3. The summed E-state index contributed by atoms with van der Waals surface area (Å²) in [4.78, 5) is 29.1. The fourth-order valence-electron chi connectivity index (χ4n) is 4.52. The van der Waals surface area contributed by atoms with Crippen molar-refractivity contribution in [3.63, 3.8) is 0 Å². The van der Waals surface area contributed by atoms with E-state index in [1.165, 1.54) is 4.90 Å². The second-order valence-corrected chi connectivity index (χ2v) is 11.9. The molecule has 3 aromatic carbocycles. The molecule has 0 saturated heterocycles. The molecule has 9 nitrogen and oxygen atoms in total. The molecule has 4 rings (SSSR count). The third-order valence-corrected chi connectivity index (χ3v) is 7.53. The molecule has 0 spiro atoms. The molecule has 0 bridgehead atoms. The highest BCUT2D eigenvalue weighted by Gasteiger charge is 2.33. The SMILES string of the molecule is CC(C)NC(=O)C(Cc1ccccc1)N(Cc1ccccc1)C(=O)CN(c1ccc2c(c1)OCCO2)S(C)(=O)=O. The highest BCUT2D eigenvalue weighted by molar-refractivity contribution is 7.92. The summed E-state index contributed by atoms with van der Waals surface area (Å²) in [6, 6.07) is 22.5. The van der Waals surface area contributed by atoms with Gasteiger partial charge in [-0.25, -0.2) is 8.42 Å². The van der Waals surface area contributed by atoms with E-state index in [-0.39, 0.29) is 30.6 Å². The van der Waals surface area contributed by atoms with Crippen LogP contribution in [0.3, 0.4) is 0 Å². The predicted molar refractivity (Wildman–Crippen MR) is 154 cm³/mol. The summed E-state index contributed by atoms with van der Waals surface area (Å²) in [7, 11) is -3.88. The second-order valence-electron chi connectivity index (χ2n) is 9.97. The zero-order chi connectivity index (χ0) is 28.7. The van der Waals surface area contributed by atoms with Crippen molar-refractivity contribution in [2.75, 3.05) is 30.3 Å². The first-order valence-electron chi connectivity index (χ1n) is 13.2. The van der Waals surface area contributed by atoms with Crippen LogP contribution in [-0.4, -0.2) is 63.2 Å². The molecule has 1 N–H and O–H groups in total. The van der Waals surface area contributed by atoms with Crippen molar-refractivity contribution >= 4 is 27.5 Å². The van der Waals surface area contributed by atoms with Crippen molar-refractivity contribution in [1.29, 1.82) is 0 Å². The van der Waals surface area contributed by atoms with E-state index in [2.05, 4.69) is 5.32 Å². The van der Waals surface area contributed by atoms with E-state index in [1.54, 1.807) is 18.2 Å². The van der Waals surface area contributed by atoms with Gasteiger partial charge in [0.15, 0.2) is 11.5 Å². The summed E-state index contributed by atoms with van der Waals surface area (Å²) in [5, 5.41) is 2.94. The largest absolute Gasteiger partial charge is 0.486 e. The minimum atomic E-state index is -3.88. The topological polar surface area (TPSA) is 105 Å². The summed E-state index contributed by atoms with van der Waals surface area (Å²) < 4.78 is 38.2. The first-order chi connectivity index (χ1) is 19.1. The van der Waals surface area contributed by atoms with Crippen molar-refractivity contribution in [2.24, 2.45) is 0 Å². The van der Waals surface area contributed by atoms with Crippen LogP contribution in [0.4, 0.5) is 5.69 Å². The van der Waals surface area contributed by atoms with Crippen LogP contribution in [0, 0.1) is 0 Å². The van der Waals surface area contributed by atoms with Crippen LogP contribution in [-0.2, 0) is 32.6 Å². The van der Waals surface area contributed by atoms with Gasteiger partial charge in [0.1, 0.15) is 25.8 Å². The molecule has 0 radical (unpaired) electrons. The summed E-state index contributed by atoms with van der Waals surface area (Å²) in [5.74, 6) is 0.0930. The molecule has 10 heteroatoms. The molecular weight excluding hydrogens is 530 g/mol. The standard InChI is InChI=1S/C30H35N3O6S/c1-22(2)31-30(35)26(18-23-10-6-4-7-11-23)32(20-24-12-8-5-9-13-24)29(34)21-33(40(3,36)37)25-14-15-27-28(19-25)39-17-16-38-27/h4-15,19,22,26H,16-18,20-21H2,1-3H3,(H,31,35). The summed E-state index contributed by atoms with van der Waals surface area (Å²) in [5.41, 5.74) is 1.96. The van der Waals surface area contributed by atoms with E-state index in [4.69, 9.17) is 9.47 Å². The van der Waals surface area contributed by atoms with Gasteiger partial charge < -0.3 is 19.7 Å². The Bertz CT molecular complexity index is 1410. The minimum Gasteiger partial charge on any atom is -0.486 e. The average Bonchev–Trinajstić information content (AvgIpc) is 2.93. The molecule has 1 aliphatic heterocycles. The van der Waals surface area contributed by atoms with Gasteiger partial charge in [0.05, 0.1) is 11.9 Å². The maximum absolute atomic E-state index is 14.1. The highest BCUT2D eigenvalue weighted by atomic mass is 32.2. The molecule has 40 heavy (non-hydrogen) atoms. The van der Waals surface area contributed by atoms with E-state index in [9.17, 15) is 18.0 Å². The number of rotatable bonds is 11. The van der Waals surface area contributed by atoms with Gasteiger partial charge in [0, 0.05) is 25.1 Å². The lowest BCUT2D eigenvalue weighted by atomic mass is 10.0. The monoisotopic (exact) mass is 565 g/mol. The third-order valence-electron chi connectivity index (χ3n) is 6.39. The highest BCUT2D eigenvalue weighted by Crippen LogP contribution is 2.34. The van der Waals surface area contributed by atoms with Gasteiger partial charge in [0.25, 0.3) is 0 Å². The molecule has 0 aliphatic carbocycles. The van der Waals surface area contributed by atoms with Crippen LogP contribution < -0.4 is 19.1 Å². The Balaban J connectivity index is 1.71. The van der Waals surface area contributed by atoms with Crippen LogP contribution >= 0.6 is 0 Å². The second kappa shape index (κ2) is 12.9. The van der Waals surface area contributed by atoms with Crippen molar-refractivity contribution in [1.82, 2.24) is 10.2 Å². The number of nitrogens with zero attached hydrogens (tertiary/aromatic N) is 2. The molecular formula is C30H35N3O6S. The van der Waals surface area contributed by atoms with Gasteiger partial charge >= 0.3 is 0 Å². The number of fused-ring (bicyclic) bond motifs is 1. The zero-order valence-corrected chi connectivity index (χ0v) is 23.8. The van der Waals surface area contributed by atoms with E-state index < -0.39 is 28.5 Å². The fraction of sp³-hybridized carbons (Fsp3) is 0.333. The van der Waals surface area contributed by atoms with Gasteiger partial charge in [-0.05, 0) is 37.1 Å². The van der Waals surface area contributed by atoms with Gasteiger partial charge in [0.2, 0.25) is 21.8 Å². The quantitative estimate of drug-likeness (QED) is 0.382. The fourth-order valence-corrected chi connectivity index (χ4v) is 5.36. The Morgan fingerprint density at radius 2 is 1.48 bits per heavy atom. The molecule has 2 amide bonds. The summed E-state index contributed by atoms with van der Waals surface area (Å²) in [6.07, 6.45) is 1.31. The van der Waals surface area contributed by atoms with E-state index in [0.717, 1.165) is 21.7 Å². The van der Waals surface area contributed by atoms with Crippen molar-refractivity contribution in [3.8, 4) is 11.5 Å². The molecule has 1 unspecified atom stereocenters. The maximum atomic E-state index is 14.1. The number of hydrogen-bond acceptors (Lipinski definition) is 6. The lowest BCUT2D eigenvalue weighted by Crippen LogP contribution is -2.54. The molecule has 1 heterocycles. The summed E-state index contributed by atoms with van der Waals surface area (Å²) >= 11 is 0. The van der Waals surface area contributed by atoms with E-state index >= 15 is 0 Å². The normalized spacial score (nSPS) is 13.4. The number of sulfonamides is 1. The molecule has 0 saturated carbocycles. The first kappa shape index (κ1) is 28.9. The van der Waals surface area contributed by atoms with Crippen molar-refractivity contribution in [2.45, 2.75) is 38.9 Å². The number of amides is 2. The Morgan fingerprint density at radius 1 is 0.875 bits per heavy atom. The van der Waals surface area contributed by atoms with Crippen LogP contribution in [0.1, 0.15) is 25.0 Å². The lowest BCUT2D eigenvalue weighted by Gasteiger charge is -2.34. The Hall–Kier alpha value is -4.05. The van der Waals surface area contributed by atoms with Gasteiger partial charge in [-0.15, -0.1) is 0 Å². The molecule has 1 aliphatic rings. The molecule has 3 aromatic rings. The number of carbonyl (C=O) groups is 2. The third kappa shape index (κ3) is 7.53. The lowest BCUT2D eigenvalue weighted by molar-refractivity contribution is -0.140. The number of carbonyl (C=O) groups excluding carboxylic acids is 2. The van der Waals surface area contributed by atoms with Gasteiger partial charge in [-0.1, -0.05) is 60.7 Å². The zero-order valence-electron chi connectivity index (χ0n) is 22.9. The van der Waals surface area contributed by atoms with E-state index in [0.29, 0.717) is 24.7 Å². The Kier molecular flexibility index (Phi) is 9.31. The number of anilines is 1. The summed E-state index contributed by atoms with van der Waals surface area (Å²) in [6.45, 7) is 4.08. The molecule has 1 atom stereocenters. The van der Waals surface area contributed by atoms with Crippen molar-refractivity contribution < 1.29 is 27.5 Å². The Labute approximate surface area is 235 Å². The van der Waals surface area contributed by atoms with Crippen LogP contribution in [0.2, 0.25) is 0 Å². The van der Waals surface area contributed by atoms with Crippen LogP contribution in [0.5, 0.6) is 11.5 Å². The van der Waals surface area contributed by atoms with Crippen LogP contribution in [0.15, 0.2) is 78.9 Å². The maximum Gasteiger partial charge on any atom is 0.244 e. The predicted octanol–water partition coefficient (Wildman–Crippen LogP) is 3.39. The minimum absolute atomic E-state index is 0.126. The first-order valence-corrected chi connectivity index (χ1v) is 15.0. The smallest absolute Gasteiger partial charge is 0.244 e. The van der Waals surface area contributed by atoms with Crippen molar-refractivity contribution in [3.05, 3.63) is 90.0 Å². The Morgan fingerprint density at radius 3 is 2.08 bits per heavy atom. The number of hydrogen-bond donors (Lipinski definition) is 1. The molecule has 0 aromatic heterocycles. The van der Waals surface area contributed by atoms with Gasteiger partial charge in [-0.3, -0.25) is 13.9 Å².